The molecular weight excluding hydrogens is 336 g/mol. The standard InChI is InChI=1S/C20H19F2N3O/c1-12-7-4-5-8-15(12)11-25-14(3)19(13(2)24-25)23-20(26)18-16(21)9-6-10-17(18)22/h4-10H,11H2,1-3H3,(H,23,26). The fourth-order valence-electron chi connectivity index (χ4n) is 2.87. The second-order valence-corrected chi connectivity index (χ2v) is 6.18. The molecular formula is C20H19F2N3O. The number of hydrogen-bond acceptors (Lipinski definition) is 2. The first-order valence-corrected chi connectivity index (χ1v) is 8.22. The van der Waals surface area contributed by atoms with E-state index in [1.807, 2.05) is 38.1 Å². The van der Waals surface area contributed by atoms with E-state index in [-0.39, 0.29) is 0 Å². The van der Waals surface area contributed by atoms with Crippen LogP contribution >= 0.6 is 0 Å². The first-order chi connectivity index (χ1) is 12.4. The predicted octanol–water partition coefficient (Wildman–Crippen LogP) is 4.39. The maximum Gasteiger partial charge on any atom is 0.261 e. The van der Waals surface area contributed by atoms with Gasteiger partial charge in [-0.1, -0.05) is 30.3 Å². The Morgan fingerprint density at radius 2 is 1.69 bits per heavy atom. The molecule has 0 fully saturated rings. The molecule has 6 heteroatoms. The molecule has 26 heavy (non-hydrogen) atoms. The molecule has 0 aliphatic heterocycles. The third-order valence-corrected chi connectivity index (χ3v) is 4.39. The summed E-state index contributed by atoms with van der Waals surface area (Å²) in [4.78, 5) is 12.4. The van der Waals surface area contributed by atoms with Gasteiger partial charge >= 0.3 is 0 Å². The van der Waals surface area contributed by atoms with Crippen LogP contribution in [0.3, 0.4) is 0 Å². The average molecular weight is 355 g/mol. The smallest absolute Gasteiger partial charge is 0.261 e. The number of halogens is 2. The number of amides is 1. The number of carbonyl (C=O) groups is 1. The van der Waals surface area contributed by atoms with E-state index < -0.39 is 23.1 Å². The Balaban J connectivity index is 1.89. The van der Waals surface area contributed by atoms with Crippen LogP contribution in [0.4, 0.5) is 14.5 Å². The first-order valence-electron chi connectivity index (χ1n) is 8.22. The monoisotopic (exact) mass is 355 g/mol. The van der Waals surface area contributed by atoms with E-state index in [0.717, 1.165) is 29.0 Å². The van der Waals surface area contributed by atoms with Gasteiger partial charge in [-0.2, -0.15) is 5.10 Å². The number of nitrogens with one attached hydrogen (secondary N) is 1. The Labute approximate surface area is 150 Å². The van der Waals surface area contributed by atoms with Crippen molar-refractivity contribution in [2.75, 3.05) is 5.32 Å². The molecule has 3 rings (SSSR count). The molecule has 1 N–H and O–H groups in total. The van der Waals surface area contributed by atoms with Crippen molar-refractivity contribution >= 4 is 11.6 Å². The summed E-state index contributed by atoms with van der Waals surface area (Å²) < 4.78 is 29.4. The zero-order chi connectivity index (χ0) is 18.8. The predicted molar refractivity (Wildman–Crippen MR) is 96.3 cm³/mol. The van der Waals surface area contributed by atoms with Gasteiger partial charge in [0.05, 0.1) is 23.6 Å². The Bertz CT molecular complexity index is 959. The molecule has 1 heterocycles. The summed E-state index contributed by atoms with van der Waals surface area (Å²) in [7, 11) is 0. The zero-order valence-electron chi connectivity index (χ0n) is 14.8. The van der Waals surface area contributed by atoms with Gasteiger partial charge in [-0.15, -0.1) is 0 Å². The molecule has 0 aliphatic carbocycles. The summed E-state index contributed by atoms with van der Waals surface area (Å²) in [5, 5.41) is 7.05. The van der Waals surface area contributed by atoms with Crippen LogP contribution in [0.5, 0.6) is 0 Å². The van der Waals surface area contributed by atoms with Crippen LogP contribution in [0.25, 0.3) is 0 Å². The van der Waals surface area contributed by atoms with E-state index >= 15 is 0 Å². The molecule has 2 aromatic carbocycles. The first kappa shape index (κ1) is 17.8. The Morgan fingerprint density at radius 1 is 1.04 bits per heavy atom. The lowest BCUT2D eigenvalue weighted by Crippen LogP contribution is -2.17. The maximum absolute atomic E-state index is 13.8. The number of rotatable bonds is 4. The number of anilines is 1. The molecule has 1 amide bonds. The van der Waals surface area contributed by atoms with Crippen molar-refractivity contribution < 1.29 is 13.6 Å². The minimum Gasteiger partial charge on any atom is -0.319 e. The topological polar surface area (TPSA) is 46.9 Å². The molecule has 0 saturated carbocycles. The molecule has 0 unspecified atom stereocenters. The summed E-state index contributed by atoms with van der Waals surface area (Å²) in [6, 6.07) is 11.3. The van der Waals surface area contributed by atoms with E-state index in [9.17, 15) is 13.6 Å². The van der Waals surface area contributed by atoms with Gasteiger partial charge in [-0.05, 0) is 44.0 Å². The van der Waals surface area contributed by atoms with Crippen LogP contribution in [0.1, 0.15) is 32.9 Å². The van der Waals surface area contributed by atoms with E-state index in [4.69, 9.17) is 0 Å². The van der Waals surface area contributed by atoms with Gasteiger partial charge in [0.15, 0.2) is 0 Å². The summed E-state index contributed by atoms with van der Waals surface area (Å²) in [6.07, 6.45) is 0. The second kappa shape index (κ2) is 7.07. The number of aryl methyl sites for hydroxylation is 2. The lowest BCUT2D eigenvalue weighted by atomic mass is 10.1. The fourth-order valence-corrected chi connectivity index (χ4v) is 2.87. The highest BCUT2D eigenvalue weighted by Gasteiger charge is 2.20. The Morgan fingerprint density at radius 3 is 2.35 bits per heavy atom. The molecule has 0 atom stereocenters. The van der Waals surface area contributed by atoms with Gasteiger partial charge in [-0.3, -0.25) is 9.48 Å². The lowest BCUT2D eigenvalue weighted by Gasteiger charge is -2.09. The van der Waals surface area contributed by atoms with Crippen LogP contribution in [0.2, 0.25) is 0 Å². The molecule has 134 valence electrons. The van der Waals surface area contributed by atoms with Crippen LogP contribution in [0, 0.1) is 32.4 Å². The molecule has 0 spiro atoms. The average Bonchev–Trinajstić information content (AvgIpc) is 2.84. The number of hydrogen-bond donors (Lipinski definition) is 1. The van der Waals surface area contributed by atoms with Gasteiger partial charge < -0.3 is 5.32 Å². The van der Waals surface area contributed by atoms with Crippen LogP contribution < -0.4 is 5.32 Å². The molecule has 0 bridgehead atoms. The summed E-state index contributed by atoms with van der Waals surface area (Å²) in [5.41, 5.74) is 3.41. The molecule has 0 saturated heterocycles. The lowest BCUT2D eigenvalue weighted by molar-refractivity contribution is 0.101. The van der Waals surface area contributed by atoms with Gasteiger partial charge in [0.25, 0.3) is 5.91 Å². The van der Waals surface area contributed by atoms with Crippen LogP contribution in [-0.2, 0) is 6.54 Å². The molecule has 3 aromatic rings. The van der Waals surface area contributed by atoms with Gasteiger partial charge in [0.1, 0.15) is 17.2 Å². The van der Waals surface area contributed by atoms with E-state index in [1.54, 1.807) is 11.6 Å². The quantitative estimate of drug-likeness (QED) is 0.755. The third kappa shape index (κ3) is 3.35. The van der Waals surface area contributed by atoms with Crippen molar-refractivity contribution in [2.45, 2.75) is 27.3 Å². The second-order valence-electron chi connectivity index (χ2n) is 6.18. The Kier molecular flexibility index (Phi) is 4.84. The largest absolute Gasteiger partial charge is 0.319 e. The SMILES string of the molecule is Cc1ccccc1Cn1nc(C)c(NC(=O)c2c(F)cccc2F)c1C. The molecule has 1 aromatic heterocycles. The highest BCUT2D eigenvalue weighted by Crippen LogP contribution is 2.23. The van der Waals surface area contributed by atoms with Crippen molar-refractivity contribution in [3.8, 4) is 0 Å². The summed E-state index contributed by atoms with van der Waals surface area (Å²) >= 11 is 0. The molecule has 4 nitrogen and oxygen atoms in total. The maximum atomic E-state index is 13.8. The highest BCUT2D eigenvalue weighted by atomic mass is 19.1. The summed E-state index contributed by atoms with van der Waals surface area (Å²) in [6.45, 7) is 6.12. The number of nitrogens with zero attached hydrogens (tertiary/aromatic N) is 2. The summed E-state index contributed by atoms with van der Waals surface area (Å²) in [5.74, 6) is -2.63. The van der Waals surface area contributed by atoms with Gasteiger partial charge in [0, 0.05) is 0 Å². The van der Waals surface area contributed by atoms with Gasteiger partial charge in [0.2, 0.25) is 0 Å². The zero-order valence-corrected chi connectivity index (χ0v) is 14.8. The number of benzene rings is 2. The minimum absolute atomic E-state index is 0.464. The van der Waals surface area contributed by atoms with Crippen molar-refractivity contribution in [1.82, 2.24) is 9.78 Å². The van der Waals surface area contributed by atoms with Crippen LogP contribution in [0.15, 0.2) is 42.5 Å². The normalized spacial score (nSPS) is 10.8. The van der Waals surface area contributed by atoms with E-state index in [0.29, 0.717) is 17.9 Å². The molecule has 0 radical (unpaired) electrons. The van der Waals surface area contributed by atoms with Crippen molar-refractivity contribution in [1.29, 1.82) is 0 Å². The highest BCUT2D eigenvalue weighted by molar-refractivity contribution is 6.05. The number of carbonyl (C=O) groups excluding carboxylic acids is 1. The van der Waals surface area contributed by atoms with Crippen LogP contribution in [-0.4, -0.2) is 15.7 Å². The van der Waals surface area contributed by atoms with Crippen molar-refractivity contribution in [3.05, 3.63) is 82.2 Å². The van der Waals surface area contributed by atoms with Gasteiger partial charge in [-0.25, -0.2) is 8.78 Å². The van der Waals surface area contributed by atoms with E-state index in [2.05, 4.69) is 10.4 Å². The molecule has 0 aliphatic rings. The fraction of sp³-hybridized carbons (Fsp3) is 0.200. The minimum atomic E-state index is -0.898. The Hall–Kier alpha value is -3.02. The number of aromatic nitrogens is 2. The van der Waals surface area contributed by atoms with E-state index in [1.165, 1.54) is 6.07 Å². The third-order valence-electron chi connectivity index (χ3n) is 4.39. The van der Waals surface area contributed by atoms with Crippen molar-refractivity contribution in [2.24, 2.45) is 0 Å². The van der Waals surface area contributed by atoms with Crippen molar-refractivity contribution in [3.63, 3.8) is 0 Å².